The Bertz CT molecular complexity index is 737. The molecule has 0 radical (unpaired) electrons. The standard InChI is InChI=1S/C16H17NO4S/c1-3-21-16(19)17-7-6-11-13(8-17)22-15-12(20-2)5-4-10(9-18)14(11)15/h4-5,9H,3,6-8H2,1-2H3. The predicted octanol–water partition coefficient (Wildman–Crippen LogP) is 3.24. The SMILES string of the molecule is CCOC(=O)N1CCc2c(sc3c(OC)ccc(C=O)c23)C1. The van der Waals surface area contributed by atoms with Crippen LogP contribution >= 0.6 is 11.3 Å². The quantitative estimate of drug-likeness (QED) is 0.815. The zero-order chi connectivity index (χ0) is 15.7. The van der Waals surface area contributed by atoms with E-state index >= 15 is 0 Å². The molecule has 5 nitrogen and oxygen atoms in total. The fraction of sp³-hybridized carbons (Fsp3) is 0.375. The van der Waals surface area contributed by atoms with Crippen molar-refractivity contribution in [3.8, 4) is 5.75 Å². The van der Waals surface area contributed by atoms with Crippen molar-refractivity contribution in [1.82, 2.24) is 4.90 Å². The number of carbonyl (C=O) groups excluding carboxylic acids is 2. The molecule has 0 aliphatic carbocycles. The zero-order valence-corrected chi connectivity index (χ0v) is 13.4. The van der Waals surface area contributed by atoms with Crippen LogP contribution in [0, 0.1) is 0 Å². The van der Waals surface area contributed by atoms with Gasteiger partial charge in [-0.05, 0) is 31.0 Å². The molecule has 1 amide bonds. The lowest BCUT2D eigenvalue weighted by atomic mass is 10.00. The highest BCUT2D eigenvalue weighted by atomic mass is 32.1. The summed E-state index contributed by atoms with van der Waals surface area (Å²) < 4.78 is 11.5. The van der Waals surface area contributed by atoms with Gasteiger partial charge in [-0.2, -0.15) is 0 Å². The summed E-state index contributed by atoms with van der Waals surface area (Å²) >= 11 is 1.59. The van der Waals surface area contributed by atoms with E-state index in [0.29, 0.717) is 25.3 Å². The average Bonchev–Trinajstić information content (AvgIpc) is 2.92. The van der Waals surface area contributed by atoms with Gasteiger partial charge in [0.05, 0.1) is 25.0 Å². The fourth-order valence-corrected chi connectivity index (χ4v) is 4.23. The van der Waals surface area contributed by atoms with E-state index in [-0.39, 0.29) is 6.09 Å². The van der Waals surface area contributed by atoms with Crippen LogP contribution in [0.1, 0.15) is 27.7 Å². The van der Waals surface area contributed by atoms with Crippen molar-refractivity contribution < 1.29 is 19.1 Å². The Morgan fingerprint density at radius 3 is 2.95 bits per heavy atom. The summed E-state index contributed by atoms with van der Waals surface area (Å²) in [6.07, 6.45) is 1.32. The van der Waals surface area contributed by atoms with Gasteiger partial charge in [-0.3, -0.25) is 4.79 Å². The number of ether oxygens (including phenoxy) is 2. The van der Waals surface area contributed by atoms with Gasteiger partial charge in [-0.25, -0.2) is 4.79 Å². The molecule has 6 heteroatoms. The van der Waals surface area contributed by atoms with Gasteiger partial charge < -0.3 is 14.4 Å². The first-order valence-electron chi connectivity index (χ1n) is 7.17. The second-order valence-electron chi connectivity index (χ2n) is 5.05. The van der Waals surface area contributed by atoms with Gasteiger partial charge in [0.1, 0.15) is 5.75 Å². The summed E-state index contributed by atoms with van der Waals surface area (Å²) in [5.41, 5.74) is 1.83. The van der Waals surface area contributed by atoms with E-state index in [1.54, 1.807) is 36.3 Å². The average molecular weight is 319 g/mol. The first kappa shape index (κ1) is 14.8. The van der Waals surface area contributed by atoms with Crippen LogP contribution in [0.25, 0.3) is 10.1 Å². The second kappa shape index (κ2) is 5.96. The number of carbonyl (C=O) groups is 2. The van der Waals surface area contributed by atoms with E-state index in [4.69, 9.17) is 9.47 Å². The van der Waals surface area contributed by atoms with Gasteiger partial charge in [0.2, 0.25) is 0 Å². The third-order valence-corrected chi connectivity index (χ3v) is 5.09. The van der Waals surface area contributed by atoms with Crippen molar-refractivity contribution in [2.75, 3.05) is 20.3 Å². The summed E-state index contributed by atoms with van der Waals surface area (Å²) in [6, 6.07) is 3.61. The minimum atomic E-state index is -0.284. The smallest absolute Gasteiger partial charge is 0.410 e. The highest BCUT2D eigenvalue weighted by Crippen LogP contribution is 2.41. The first-order valence-corrected chi connectivity index (χ1v) is 7.99. The van der Waals surface area contributed by atoms with E-state index in [2.05, 4.69) is 0 Å². The van der Waals surface area contributed by atoms with Gasteiger partial charge in [-0.15, -0.1) is 11.3 Å². The van der Waals surface area contributed by atoms with Gasteiger partial charge in [-0.1, -0.05) is 0 Å². The van der Waals surface area contributed by atoms with Crippen LogP contribution < -0.4 is 4.74 Å². The van der Waals surface area contributed by atoms with Crippen molar-refractivity contribution >= 4 is 33.8 Å². The number of hydrogen-bond acceptors (Lipinski definition) is 5. The number of nitrogens with zero attached hydrogens (tertiary/aromatic N) is 1. The highest BCUT2D eigenvalue weighted by molar-refractivity contribution is 7.19. The lowest BCUT2D eigenvalue weighted by Crippen LogP contribution is -2.35. The predicted molar refractivity (Wildman–Crippen MR) is 84.9 cm³/mol. The highest BCUT2D eigenvalue weighted by Gasteiger charge is 2.27. The molecule has 0 saturated carbocycles. The molecule has 3 rings (SSSR count). The molecule has 0 N–H and O–H groups in total. The number of aldehydes is 1. The Morgan fingerprint density at radius 2 is 2.27 bits per heavy atom. The van der Waals surface area contributed by atoms with Crippen LogP contribution in [0.3, 0.4) is 0 Å². The lowest BCUT2D eigenvalue weighted by Gasteiger charge is -2.26. The molecule has 116 valence electrons. The second-order valence-corrected chi connectivity index (χ2v) is 6.16. The Morgan fingerprint density at radius 1 is 1.45 bits per heavy atom. The topological polar surface area (TPSA) is 55.8 Å². The summed E-state index contributed by atoms with van der Waals surface area (Å²) in [5.74, 6) is 0.766. The summed E-state index contributed by atoms with van der Waals surface area (Å²) in [5, 5.41) is 0.970. The molecule has 1 aliphatic heterocycles. The molecule has 0 spiro atoms. The number of amides is 1. The molecule has 1 aliphatic rings. The van der Waals surface area contributed by atoms with Gasteiger partial charge in [0.25, 0.3) is 0 Å². The first-order chi connectivity index (χ1) is 10.7. The molecule has 0 atom stereocenters. The Kier molecular flexibility index (Phi) is 4.02. The van der Waals surface area contributed by atoms with Crippen LogP contribution in [0.2, 0.25) is 0 Å². The van der Waals surface area contributed by atoms with Crippen LogP contribution in [-0.2, 0) is 17.7 Å². The van der Waals surface area contributed by atoms with E-state index < -0.39 is 0 Å². The molecule has 2 aromatic rings. The molecule has 0 bridgehead atoms. The number of benzene rings is 1. The maximum atomic E-state index is 11.9. The minimum absolute atomic E-state index is 0.284. The number of rotatable bonds is 3. The van der Waals surface area contributed by atoms with Crippen molar-refractivity contribution in [3.05, 3.63) is 28.1 Å². The molecule has 2 heterocycles. The zero-order valence-electron chi connectivity index (χ0n) is 12.5. The number of fused-ring (bicyclic) bond motifs is 3. The maximum absolute atomic E-state index is 11.9. The molecular weight excluding hydrogens is 302 g/mol. The van der Waals surface area contributed by atoms with Crippen molar-refractivity contribution in [2.45, 2.75) is 19.9 Å². The molecule has 0 saturated heterocycles. The van der Waals surface area contributed by atoms with Gasteiger partial charge >= 0.3 is 6.09 Å². The Labute approximate surface area is 132 Å². The van der Waals surface area contributed by atoms with E-state index in [0.717, 1.165) is 39.0 Å². The van der Waals surface area contributed by atoms with Crippen LogP contribution in [-0.4, -0.2) is 37.5 Å². The summed E-state index contributed by atoms with van der Waals surface area (Å²) in [4.78, 5) is 26.0. The van der Waals surface area contributed by atoms with Crippen molar-refractivity contribution in [3.63, 3.8) is 0 Å². The molecular formula is C16H17NO4S. The maximum Gasteiger partial charge on any atom is 0.410 e. The molecule has 0 unspecified atom stereocenters. The largest absolute Gasteiger partial charge is 0.495 e. The van der Waals surface area contributed by atoms with Crippen molar-refractivity contribution in [1.29, 1.82) is 0 Å². The summed E-state index contributed by atoms with van der Waals surface area (Å²) in [6.45, 7) is 3.30. The van der Waals surface area contributed by atoms with E-state index in [9.17, 15) is 9.59 Å². The van der Waals surface area contributed by atoms with Crippen LogP contribution in [0.15, 0.2) is 12.1 Å². The van der Waals surface area contributed by atoms with Crippen LogP contribution in [0.5, 0.6) is 5.75 Å². The third kappa shape index (κ3) is 2.33. The Balaban J connectivity index is 2.06. The normalized spacial score (nSPS) is 13.8. The molecule has 1 aromatic carbocycles. The van der Waals surface area contributed by atoms with Crippen molar-refractivity contribution in [2.24, 2.45) is 0 Å². The lowest BCUT2D eigenvalue weighted by molar-refractivity contribution is 0.103. The fourth-order valence-electron chi connectivity index (χ4n) is 2.84. The summed E-state index contributed by atoms with van der Waals surface area (Å²) in [7, 11) is 1.62. The number of thiophene rings is 1. The monoisotopic (exact) mass is 319 g/mol. The van der Waals surface area contributed by atoms with Crippen LogP contribution in [0.4, 0.5) is 4.79 Å². The molecule has 0 fully saturated rings. The molecule has 1 aromatic heterocycles. The minimum Gasteiger partial charge on any atom is -0.495 e. The van der Waals surface area contributed by atoms with Gasteiger partial charge in [0, 0.05) is 22.4 Å². The molecule has 22 heavy (non-hydrogen) atoms. The van der Waals surface area contributed by atoms with E-state index in [1.165, 1.54) is 0 Å². The van der Waals surface area contributed by atoms with E-state index in [1.807, 2.05) is 6.07 Å². The van der Waals surface area contributed by atoms with Gasteiger partial charge in [0.15, 0.2) is 6.29 Å². The number of hydrogen-bond donors (Lipinski definition) is 0. The number of methoxy groups -OCH3 is 1. The Hall–Kier alpha value is -2.08. The third-order valence-electron chi connectivity index (χ3n) is 3.86.